The van der Waals surface area contributed by atoms with Crippen molar-refractivity contribution in [3.8, 4) is 0 Å². The third-order valence-corrected chi connectivity index (χ3v) is 9.21. The normalized spacial score (nSPS) is 24.8. The van der Waals surface area contributed by atoms with Gasteiger partial charge in [0, 0.05) is 21.3 Å². The van der Waals surface area contributed by atoms with Crippen LogP contribution in [0.3, 0.4) is 0 Å². The maximum Gasteiger partial charge on any atom is 0.370 e. The van der Waals surface area contributed by atoms with Gasteiger partial charge in [-0.05, 0) is 29.6 Å². The Labute approximate surface area is 128 Å². The molecule has 0 aromatic carbocycles. The summed E-state index contributed by atoms with van der Waals surface area (Å²) in [5, 5.41) is 3.96. The number of hydrogen-bond donors (Lipinski definition) is 0. The van der Waals surface area contributed by atoms with Crippen molar-refractivity contribution in [2.24, 2.45) is 0 Å². The lowest BCUT2D eigenvalue weighted by Crippen LogP contribution is -2.64. The molecule has 0 bridgehead atoms. The topological polar surface area (TPSA) is 27.7 Å². The summed E-state index contributed by atoms with van der Waals surface area (Å²) in [5.41, 5.74) is 0. The molecule has 1 unspecified atom stereocenters. The van der Waals surface area contributed by atoms with E-state index in [9.17, 15) is 0 Å². The van der Waals surface area contributed by atoms with Gasteiger partial charge in [0.1, 0.15) is 5.22 Å². The highest BCUT2D eigenvalue weighted by Crippen LogP contribution is 2.42. The minimum Gasteiger partial charge on any atom is -0.396 e. The number of ether oxygens (including phenoxy) is 1. The molecule has 20 heavy (non-hydrogen) atoms. The van der Waals surface area contributed by atoms with Crippen molar-refractivity contribution in [3.05, 3.63) is 22.9 Å². The minimum absolute atomic E-state index is 0.122. The van der Waals surface area contributed by atoms with Crippen LogP contribution in [0.1, 0.15) is 39.0 Å². The zero-order chi connectivity index (χ0) is 14.9. The van der Waals surface area contributed by atoms with Gasteiger partial charge >= 0.3 is 8.56 Å². The van der Waals surface area contributed by atoms with Gasteiger partial charge in [-0.15, -0.1) is 0 Å². The molecule has 5 heteroatoms. The molecule has 0 spiro atoms. The van der Waals surface area contributed by atoms with Crippen molar-refractivity contribution >= 4 is 19.9 Å². The molecule has 1 fully saturated rings. The molecule has 0 radical (unpaired) electrons. The van der Waals surface area contributed by atoms with Crippen LogP contribution >= 0.6 is 11.3 Å². The monoisotopic (exact) mass is 316 g/mol. The average molecular weight is 317 g/mol. The molecule has 1 aromatic heterocycles. The second-order valence-corrected chi connectivity index (χ2v) is 9.66. The van der Waals surface area contributed by atoms with Crippen molar-refractivity contribution in [2.75, 3.05) is 21.3 Å². The van der Waals surface area contributed by atoms with Crippen molar-refractivity contribution < 1.29 is 13.6 Å². The van der Waals surface area contributed by atoms with Gasteiger partial charge < -0.3 is 13.6 Å². The fourth-order valence-electron chi connectivity index (χ4n) is 3.15. The van der Waals surface area contributed by atoms with E-state index in [4.69, 9.17) is 13.6 Å². The Bertz CT molecular complexity index is 320. The molecule has 116 valence electrons. The van der Waals surface area contributed by atoms with Crippen LogP contribution in [0.15, 0.2) is 22.9 Å². The van der Waals surface area contributed by atoms with Gasteiger partial charge in [0.25, 0.3) is 0 Å². The van der Waals surface area contributed by atoms with E-state index in [0.29, 0.717) is 0 Å². The second-order valence-electron chi connectivity index (χ2n) is 5.11. The summed E-state index contributed by atoms with van der Waals surface area (Å²) in [5.74, 6) is 0. The second kappa shape index (κ2) is 8.95. The summed E-state index contributed by atoms with van der Waals surface area (Å²) in [6, 6.07) is 5.10. The smallest absolute Gasteiger partial charge is 0.370 e. The molecule has 0 amide bonds. The summed E-state index contributed by atoms with van der Waals surface area (Å²) >= 11 is 1.71. The van der Waals surface area contributed by atoms with Crippen molar-refractivity contribution in [2.45, 2.75) is 50.3 Å². The summed E-state index contributed by atoms with van der Waals surface area (Å²) in [4.78, 5) is 0. The Morgan fingerprint density at radius 2 is 1.75 bits per heavy atom. The molecule has 1 aliphatic heterocycles. The molecule has 2 heterocycles. The highest BCUT2D eigenvalue weighted by Gasteiger charge is 2.58. The number of thiophene rings is 1. The van der Waals surface area contributed by atoms with E-state index in [0.717, 1.165) is 25.3 Å². The lowest BCUT2D eigenvalue weighted by Gasteiger charge is -2.47. The van der Waals surface area contributed by atoms with Crippen LogP contribution in [0, 0.1) is 0 Å². The SMILES string of the molecule is CCCC1(OC)CCCC[Si]1(OC)OC.c1ccsc1. The first kappa shape index (κ1) is 17.8. The molecule has 1 aliphatic rings. The first-order valence-corrected chi connectivity index (χ1v) is 10.3. The molecule has 3 nitrogen and oxygen atoms in total. The highest BCUT2D eigenvalue weighted by molar-refractivity contribution is 7.07. The van der Waals surface area contributed by atoms with Gasteiger partial charge in [-0.25, -0.2) is 0 Å². The maximum atomic E-state index is 5.83. The van der Waals surface area contributed by atoms with Crippen LogP contribution in [-0.4, -0.2) is 35.1 Å². The zero-order valence-electron chi connectivity index (χ0n) is 13.2. The van der Waals surface area contributed by atoms with Gasteiger partial charge in [-0.1, -0.05) is 38.3 Å². The van der Waals surface area contributed by atoms with Crippen LogP contribution in [0.25, 0.3) is 0 Å². The van der Waals surface area contributed by atoms with Gasteiger partial charge in [0.2, 0.25) is 0 Å². The quantitative estimate of drug-likeness (QED) is 0.755. The summed E-state index contributed by atoms with van der Waals surface area (Å²) in [6.07, 6.45) is 5.70. The number of methoxy groups -OCH3 is 1. The molecule has 1 saturated heterocycles. The Morgan fingerprint density at radius 3 is 2.15 bits per heavy atom. The third-order valence-electron chi connectivity index (χ3n) is 4.16. The number of hydrogen-bond acceptors (Lipinski definition) is 4. The Kier molecular flexibility index (Phi) is 7.98. The van der Waals surface area contributed by atoms with E-state index < -0.39 is 8.56 Å². The minimum atomic E-state index is -2.15. The van der Waals surface area contributed by atoms with Crippen molar-refractivity contribution in [3.63, 3.8) is 0 Å². The molecule has 1 atom stereocenters. The largest absolute Gasteiger partial charge is 0.396 e. The van der Waals surface area contributed by atoms with Crippen LogP contribution in [0.5, 0.6) is 0 Å². The van der Waals surface area contributed by atoms with Gasteiger partial charge in [-0.3, -0.25) is 0 Å². The predicted molar refractivity (Wildman–Crippen MR) is 87.4 cm³/mol. The molecule has 0 N–H and O–H groups in total. The van der Waals surface area contributed by atoms with E-state index in [2.05, 4.69) is 6.92 Å². The Hall–Kier alpha value is -0.203. The van der Waals surface area contributed by atoms with E-state index in [1.165, 1.54) is 12.8 Å². The fraction of sp³-hybridized carbons (Fsp3) is 0.733. The number of rotatable bonds is 5. The molecule has 2 rings (SSSR count). The van der Waals surface area contributed by atoms with E-state index >= 15 is 0 Å². The van der Waals surface area contributed by atoms with E-state index in [1.807, 2.05) is 22.9 Å². The summed E-state index contributed by atoms with van der Waals surface area (Å²) < 4.78 is 17.4. The lowest BCUT2D eigenvalue weighted by atomic mass is 10.1. The van der Waals surface area contributed by atoms with Crippen LogP contribution < -0.4 is 0 Å². The highest BCUT2D eigenvalue weighted by atomic mass is 32.1. The van der Waals surface area contributed by atoms with E-state index in [1.54, 1.807) is 32.7 Å². The predicted octanol–water partition coefficient (Wildman–Crippen LogP) is 4.38. The first-order chi connectivity index (χ1) is 9.70. The van der Waals surface area contributed by atoms with Gasteiger partial charge in [-0.2, -0.15) is 11.3 Å². The molecular weight excluding hydrogens is 288 g/mol. The van der Waals surface area contributed by atoms with Crippen LogP contribution in [0.2, 0.25) is 6.04 Å². The van der Waals surface area contributed by atoms with E-state index in [-0.39, 0.29) is 5.22 Å². The van der Waals surface area contributed by atoms with Gasteiger partial charge in [0.05, 0.1) is 0 Å². The van der Waals surface area contributed by atoms with Crippen LogP contribution in [-0.2, 0) is 13.6 Å². The standard InChI is InChI=1S/C11H24O3Si.C4H4S/c1-5-8-11(12-2)9-6-7-10-15(11,13-3)14-4;1-2-4-5-3-1/h5-10H2,1-4H3;1-4H. The Balaban J connectivity index is 0.000000333. The molecule has 0 aliphatic carbocycles. The molecule has 0 saturated carbocycles. The van der Waals surface area contributed by atoms with Gasteiger partial charge in [0.15, 0.2) is 0 Å². The zero-order valence-corrected chi connectivity index (χ0v) is 15.0. The first-order valence-electron chi connectivity index (χ1n) is 7.33. The van der Waals surface area contributed by atoms with Crippen molar-refractivity contribution in [1.29, 1.82) is 0 Å². The molecular formula is C15H28O3SSi. The summed E-state index contributed by atoms with van der Waals surface area (Å²) in [6.45, 7) is 2.19. The summed E-state index contributed by atoms with van der Waals surface area (Å²) in [7, 11) is 3.22. The maximum absolute atomic E-state index is 5.83. The van der Waals surface area contributed by atoms with Crippen molar-refractivity contribution in [1.82, 2.24) is 0 Å². The fourth-order valence-corrected chi connectivity index (χ4v) is 7.59. The molecule has 1 aromatic rings. The Morgan fingerprint density at radius 1 is 1.10 bits per heavy atom. The van der Waals surface area contributed by atoms with Crippen LogP contribution in [0.4, 0.5) is 0 Å². The average Bonchev–Trinajstić information content (AvgIpc) is 3.07. The lowest BCUT2D eigenvalue weighted by molar-refractivity contribution is -0.0149. The third kappa shape index (κ3) is 3.92.